The van der Waals surface area contributed by atoms with Crippen molar-refractivity contribution < 1.29 is 4.74 Å². The fraction of sp³-hybridized carbons (Fsp3) is 0.667. The molecule has 1 saturated carbocycles. The number of rotatable bonds is 7. The van der Waals surface area contributed by atoms with E-state index < -0.39 is 0 Å². The van der Waals surface area contributed by atoms with Crippen molar-refractivity contribution in [2.24, 2.45) is 10.4 Å². The van der Waals surface area contributed by atoms with Crippen LogP contribution in [-0.4, -0.2) is 33.3 Å². The molecule has 0 aliphatic heterocycles. The van der Waals surface area contributed by atoms with E-state index in [0.29, 0.717) is 5.41 Å². The maximum atomic E-state index is 5.24. The number of hydrogen-bond acceptors (Lipinski definition) is 3. The van der Waals surface area contributed by atoms with Crippen molar-refractivity contribution in [2.45, 2.75) is 32.2 Å². The lowest BCUT2D eigenvalue weighted by atomic mass is 9.67. The van der Waals surface area contributed by atoms with Gasteiger partial charge in [-0.3, -0.25) is 4.99 Å². The van der Waals surface area contributed by atoms with Gasteiger partial charge in [-0.2, -0.15) is 0 Å². The topological polar surface area (TPSA) is 45.7 Å². The highest BCUT2D eigenvalue weighted by Gasteiger charge is 2.36. The molecule has 0 amide bonds. The molecule has 0 bridgehead atoms. The third kappa shape index (κ3) is 4.97. The molecule has 1 aliphatic carbocycles. The van der Waals surface area contributed by atoms with Gasteiger partial charge in [0.05, 0.1) is 10.3 Å². The molecule has 21 heavy (non-hydrogen) atoms. The summed E-state index contributed by atoms with van der Waals surface area (Å²) in [7, 11) is 3.60. The number of halogens is 1. The Hall–Kier alpha value is -0.590. The molecule has 0 atom stereocenters. The largest absolute Gasteiger partial charge is 0.385 e. The average molecular weight is 374 g/mol. The summed E-state index contributed by atoms with van der Waals surface area (Å²) in [6.45, 7) is 2.63. The van der Waals surface area contributed by atoms with Crippen molar-refractivity contribution in [3.05, 3.63) is 20.8 Å². The van der Waals surface area contributed by atoms with E-state index in [1.54, 1.807) is 18.4 Å². The van der Waals surface area contributed by atoms with Gasteiger partial charge >= 0.3 is 0 Å². The zero-order valence-corrected chi connectivity index (χ0v) is 15.1. The SMILES string of the molecule is CN=C(NCc1ccc(Br)s1)NCC1(CCOC)CCC1. The van der Waals surface area contributed by atoms with Crippen LogP contribution in [0.4, 0.5) is 0 Å². The van der Waals surface area contributed by atoms with Crippen LogP contribution in [0, 0.1) is 5.41 Å². The van der Waals surface area contributed by atoms with Crippen LogP contribution in [0.3, 0.4) is 0 Å². The van der Waals surface area contributed by atoms with E-state index in [1.807, 2.05) is 7.05 Å². The number of aliphatic imine (C=N–C) groups is 1. The van der Waals surface area contributed by atoms with Gasteiger partial charge < -0.3 is 15.4 Å². The monoisotopic (exact) mass is 373 g/mol. The van der Waals surface area contributed by atoms with E-state index in [9.17, 15) is 0 Å². The van der Waals surface area contributed by atoms with E-state index in [0.717, 1.165) is 35.9 Å². The number of methoxy groups -OCH3 is 1. The molecule has 1 fully saturated rings. The zero-order chi connectivity index (χ0) is 15.1. The van der Waals surface area contributed by atoms with Gasteiger partial charge in [-0.1, -0.05) is 6.42 Å². The predicted octanol–water partition coefficient (Wildman–Crippen LogP) is 3.38. The Kier molecular flexibility index (Phi) is 6.51. The summed E-state index contributed by atoms with van der Waals surface area (Å²) in [5.41, 5.74) is 0.402. The Morgan fingerprint density at radius 1 is 1.43 bits per heavy atom. The quantitative estimate of drug-likeness (QED) is 0.568. The minimum absolute atomic E-state index is 0.402. The smallest absolute Gasteiger partial charge is 0.191 e. The number of hydrogen-bond donors (Lipinski definition) is 2. The van der Waals surface area contributed by atoms with Crippen molar-refractivity contribution in [3.63, 3.8) is 0 Å². The summed E-state index contributed by atoms with van der Waals surface area (Å²) >= 11 is 5.23. The second-order valence-electron chi connectivity index (χ2n) is 5.58. The van der Waals surface area contributed by atoms with Crippen molar-refractivity contribution in [1.82, 2.24) is 10.6 Å². The van der Waals surface area contributed by atoms with E-state index >= 15 is 0 Å². The molecule has 1 aromatic heterocycles. The van der Waals surface area contributed by atoms with Gasteiger partial charge in [0.15, 0.2) is 5.96 Å². The van der Waals surface area contributed by atoms with E-state index in [4.69, 9.17) is 4.74 Å². The van der Waals surface area contributed by atoms with Gasteiger partial charge in [-0.05, 0) is 52.7 Å². The fourth-order valence-corrected chi connectivity index (χ4v) is 4.04. The van der Waals surface area contributed by atoms with Crippen molar-refractivity contribution in [3.8, 4) is 0 Å². The number of nitrogens with one attached hydrogen (secondary N) is 2. The Morgan fingerprint density at radius 3 is 2.76 bits per heavy atom. The summed E-state index contributed by atoms with van der Waals surface area (Å²) in [5.74, 6) is 0.878. The van der Waals surface area contributed by atoms with Crippen LogP contribution < -0.4 is 10.6 Å². The molecule has 1 aromatic rings. The van der Waals surface area contributed by atoms with Crippen LogP contribution >= 0.6 is 27.3 Å². The van der Waals surface area contributed by atoms with Crippen molar-refractivity contribution in [2.75, 3.05) is 27.3 Å². The standard InChI is InChI=1S/C15H24BrN3OS/c1-17-14(18-10-12-4-5-13(16)21-12)19-11-15(6-3-7-15)8-9-20-2/h4-5H,3,6-11H2,1-2H3,(H2,17,18,19). The first-order chi connectivity index (χ1) is 10.2. The molecule has 0 saturated heterocycles. The molecule has 1 heterocycles. The predicted molar refractivity (Wildman–Crippen MR) is 93.0 cm³/mol. The van der Waals surface area contributed by atoms with E-state index in [1.165, 1.54) is 24.1 Å². The summed E-state index contributed by atoms with van der Waals surface area (Å²) in [5, 5.41) is 6.85. The molecule has 0 spiro atoms. The number of ether oxygens (including phenoxy) is 1. The molecule has 0 radical (unpaired) electrons. The van der Waals surface area contributed by atoms with Crippen molar-refractivity contribution in [1.29, 1.82) is 0 Å². The first-order valence-corrected chi connectivity index (χ1v) is 8.96. The maximum absolute atomic E-state index is 5.24. The summed E-state index contributed by atoms with van der Waals surface area (Å²) in [6.07, 6.45) is 5.04. The second kappa shape index (κ2) is 8.15. The van der Waals surface area contributed by atoms with Crippen LogP contribution in [-0.2, 0) is 11.3 Å². The molecule has 118 valence electrons. The van der Waals surface area contributed by atoms with E-state index in [-0.39, 0.29) is 0 Å². The summed E-state index contributed by atoms with van der Waals surface area (Å²) in [4.78, 5) is 5.60. The molecule has 0 aromatic carbocycles. The van der Waals surface area contributed by atoms with Gasteiger partial charge in [-0.25, -0.2) is 0 Å². The van der Waals surface area contributed by atoms with Crippen LogP contribution in [0.2, 0.25) is 0 Å². The van der Waals surface area contributed by atoms with Gasteiger partial charge in [0, 0.05) is 32.2 Å². The van der Waals surface area contributed by atoms with Crippen LogP contribution in [0.5, 0.6) is 0 Å². The Morgan fingerprint density at radius 2 is 2.24 bits per heavy atom. The van der Waals surface area contributed by atoms with Gasteiger partial charge in [0.25, 0.3) is 0 Å². The minimum Gasteiger partial charge on any atom is -0.385 e. The highest BCUT2D eigenvalue weighted by molar-refractivity contribution is 9.11. The maximum Gasteiger partial charge on any atom is 0.191 e. The van der Waals surface area contributed by atoms with Crippen molar-refractivity contribution >= 4 is 33.2 Å². The number of nitrogens with zero attached hydrogens (tertiary/aromatic N) is 1. The first-order valence-electron chi connectivity index (χ1n) is 7.35. The van der Waals surface area contributed by atoms with Crippen LogP contribution in [0.25, 0.3) is 0 Å². The Bertz CT molecular complexity index is 471. The summed E-state index contributed by atoms with van der Waals surface area (Å²) in [6, 6.07) is 4.20. The van der Waals surface area contributed by atoms with E-state index in [2.05, 4.69) is 43.7 Å². The molecule has 4 nitrogen and oxygen atoms in total. The zero-order valence-electron chi connectivity index (χ0n) is 12.7. The highest BCUT2D eigenvalue weighted by atomic mass is 79.9. The normalized spacial score (nSPS) is 17.4. The number of guanidine groups is 1. The molecule has 2 N–H and O–H groups in total. The van der Waals surface area contributed by atoms with Gasteiger partial charge in [-0.15, -0.1) is 11.3 Å². The second-order valence-corrected chi connectivity index (χ2v) is 8.13. The lowest BCUT2D eigenvalue weighted by Crippen LogP contribution is -2.46. The minimum atomic E-state index is 0.402. The molecule has 2 rings (SSSR count). The fourth-order valence-electron chi connectivity index (χ4n) is 2.62. The van der Waals surface area contributed by atoms with Crippen LogP contribution in [0.1, 0.15) is 30.6 Å². The molecular formula is C15H24BrN3OS. The molecule has 0 unspecified atom stereocenters. The average Bonchev–Trinajstić information content (AvgIpc) is 2.86. The molecule has 1 aliphatic rings. The lowest BCUT2D eigenvalue weighted by Gasteiger charge is -2.42. The number of thiophene rings is 1. The Balaban J connectivity index is 1.77. The first kappa shape index (κ1) is 16.8. The van der Waals surface area contributed by atoms with Gasteiger partial charge in [0.1, 0.15) is 0 Å². The highest BCUT2D eigenvalue weighted by Crippen LogP contribution is 2.43. The third-order valence-corrected chi connectivity index (χ3v) is 5.79. The molecular weight excluding hydrogens is 350 g/mol. The van der Waals surface area contributed by atoms with Crippen LogP contribution in [0.15, 0.2) is 20.9 Å². The Labute approximate surface area is 139 Å². The molecule has 6 heteroatoms. The summed E-state index contributed by atoms with van der Waals surface area (Å²) < 4.78 is 6.40. The van der Waals surface area contributed by atoms with Gasteiger partial charge in [0.2, 0.25) is 0 Å². The third-order valence-electron chi connectivity index (χ3n) is 4.16. The lowest BCUT2D eigenvalue weighted by molar-refractivity contribution is 0.0732.